The van der Waals surface area contributed by atoms with Crippen molar-refractivity contribution in [3.8, 4) is 11.1 Å². The predicted molar refractivity (Wildman–Crippen MR) is 68.8 cm³/mol. The molecule has 5 heteroatoms. The molecule has 0 heterocycles. The summed E-state index contributed by atoms with van der Waals surface area (Å²) in [5.41, 5.74) is 0.789. The van der Waals surface area contributed by atoms with Gasteiger partial charge in [0.25, 0.3) is 0 Å². The normalized spacial score (nSPS) is 10.4. The van der Waals surface area contributed by atoms with E-state index in [0.29, 0.717) is 21.2 Å². The molecule has 0 amide bonds. The van der Waals surface area contributed by atoms with Crippen molar-refractivity contribution < 1.29 is 14.3 Å². The number of halogens is 3. The summed E-state index contributed by atoms with van der Waals surface area (Å²) in [6.45, 7) is 0. The molecule has 0 aliphatic rings. The fourth-order valence-electron chi connectivity index (χ4n) is 1.59. The van der Waals surface area contributed by atoms with E-state index in [4.69, 9.17) is 28.3 Å². The van der Waals surface area contributed by atoms with E-state index < -0.39 is 11.8 Å². The average Bonchev–Trinajstić information content (AvgIpc) is 2.27. The minimum Gasteiger partial charge on any atom is -0.478 e. The first-order valence-corrected chi connectivity index (χ1v) is 5.72. The lowest BCUT2D eigenvalue weighted by atomic mass is 10.0. The number of benzene rings is 2. The van der Waals surface area contributed by atoms with E-state index in [9.17, 15) is 9.18 Å². The third-order valence-corrected chi connectivity index (χ3v) is 2.83. The Morgan fingerprint density at radius 1 is 1.00 bits per heavy atom. The summed E-state index contributed by atoms with van der Waals surface area (Å²) in [5.74, 6) is -2.10. The van der Waals surface area contributed by atoms with Gasteiger partial charge >= 0.3 is 5.97 Å². The van der Waals surface area contributed by atoms with Crippen LogP contribution in [0.15, 0.2) is 36.4 Å². The first-order valence-electron chi connectivity index (χ1n) is 4.96. The molecule has 0 saturated carbocycles. The van der Waals surface area contributed by atoms with Gasteiger partial charge in [0, 0.05) is 10.0 Å². The van der Waals surface area contributed by atoms with Gasteiger partial charge in [-0.2, -0.15) is 0 Å². The number of rotatable bonds is 2. The van der Waals surface area contributed by atoms with Gasteiger partial charge in [-0.25, -0.2) is 9.18 Å². The molecule has 2 rings (SSSR count). The van der Waals surface area contributed by atoms with Gasteiger partial charge in [-0.3, -0.25) is 0 Å². The van der Waals surface area contributed by atoms with Gasteiger partial charge in [0.2, 0.25) is 0 Å². The van der Waals surface area contributed by atoms with Crippen molar-refractivity contribution >= 4 is 29.2 Å². The van der Waals surface area contributed by atoms with E-state index in [1.54, 1.807) is 18.2 Å². The quantitative estimate of drug-likeness (QED) is 0.882. The van der Waals surface area contributed by atoms with Crippen molar-refractivity contribution in [3.63, 3.8) is 0 Å². The number of carboxylic acids is 1. The highest BCUT2D eigenvalue weighted by atomic mass is 35.5. The largest absolute Gasteiger partial charge is 0.478 e. The van der Waals surface area contributed by atoms with Crippen LogP contribution in [0, 0.1) is 5.82 Å². The molecule has 0 aliphatic heterocycles. The van der Waals surface area contributed by atoms with Gasteiger partial charge in [-0.05, 0) is 41.5 Å². The first-order chi connectivity index (χ1) is 8.47. The number of carbonyl (C=O) groups is 1. The van der Waals surface area contributed by atoms with Crippen LogP contribution >= 0.6 is 23.2 Å². The lowest BCUT2D eigenvalue weighted by molar-refractivity contribution is 0.0692. The zero-order valence-electron chi connectivity index (χ0n) is 8.95. The Morgan fingerprint density at radius 3 is 2.17 bits per heavy atom. The molecule has 0 aliphatic carbocycles. The van der Waals surface area contributed by atoms with Crippen LogP contribution in [0.5, 0.6) is 0 Å². The Bertz CT molecular complexity index is 606. The molecule has 0 saturated heterocycles. The smallest absolute Gasteiger partial charge is 0.338 e. The first kappa shape index (κ1) is 12.9. The van der Waals surface area contributed by atoms with E-state index in [1.807, 2.05) is 0 Å². The predicted octanol–water partition coefficient (Wildman–Crippen LogP) is 4.50. The summed E-state index contributed by atoms with van der Waals surface area (Å²) >= 11 is 11.7. The van der Waals surface area contributed by atoms with Crippen LogP contribution in [0.2, 0.25) is 10.0 Å². The molecule has 18 heavy (non-hydrogen) atoms. The van der Waals surface area contributed by atoms with Crippen molar-refractivity contribution in [2.24, 2.45) is 0 Å². The summed E-state index contributed by atoms with van der Waals surface area (Å²) in [6.07, 6.45) is 0. The second-order valence-electron chi connectivity index (χ2n) is 3.66. The molecule has 0 unspecified atom stereocenters. The number of carboxylic acid groups (broad SMARTS) is 1. The van der Waals surface area contributed by atoms with E-state index in [2.05, 4.69) is 0 Å². The Labute approximate surface area is 113 Å². The van der Waals surface area contributed by atoms with Crippen LogP contribution in [-0.2, 0) is 0 Å². The van der Waals surface area contributed by atoms with Crippen LogP contribution in [0.3, 0.4) is 0 Å². The molecule has 0 aromatic heterocycles. The molecule has 0 atom stereocenters. The fourth-order valence-corrected chi connectivity index (χ4v) is 2.12. The maximum Gasteiger partial charge on any atom is 0.338 e. The van der Waals surface area contributed by atoms with Crippen LogP contribution in [0.4, 0.5) is 4.39 Å². The van der Waals surface area contributed by atoms with Crippen molar-refractivity contribution in [1.82, 2.24) is 0 Å². The van der Waals surface area contributed by atoms with Crippen molar-refractivity contribution in [1.29, 1.82) is 0 Å². The molecule has 92 valence electrons. The number of aromatic carboxylic acids is 1. The highest BCUT2D eigenvalue weighted by Gasteiger charge is 2.12. The van der Waals surface area contributed by atoms with Gasteiger partial charge in [0.1, 0.15) is 5.82 Å². The fraction of sp³-hybridized carbons (Fsp3) is 0. The second-order valence-corrected chi connectivity index (χ2v) is 4.53. The third kappa shape index (κ3) is 2.63. The number of hydrogen-bond donors (Lipinski definition) is 1. The van der Waals surface area contributed by atoms with Gasteiger partial charge in [0.05, 0.1) is 5.56 Å². The Balaban J connectivity index is 2.57. The van der Waals surface area contributed by atoms with E-state index in [-0.39, 0.29) is 5.56 Å². The van der Waals surface area contributed by atoms with Gasteiger partial charge in [-0.1, -0.05) is 29.3 Å². The number of hydrogen-bond acceptors (Lipinski definition) is 1. The molecule has 0 fully saturated rings. The van der Waals surface area contributed by atoms with Crippen LogP contribution in [-0.4, -0.2) is 11.1 Å². The zero-order chi connectivity index (χ0) is 13.3. The minimum atomic E-state index is -1.32. The van der Waals surface area contributed by atoms with Gasteiger partial charge < -0.3 is 5.11 Å². The van der Waals surface area contributed by atoms with Gasteiger partial charge in [0.15, 0.2) is 0 Å². The summed E-state index contributed by atoms with van der Waals surface area (Å²) in [7, 11) is 0. The maximum absolute atomic E-state index is 13.3. The van der Waals surface area contributed by atoms with E-state index in [1.165, 1.54) is 12.1 Å². The second kappa shape index (κ2) is 4.96. The monoisotopic (exact) mass is 284 g/mol. The van der Waals surface area contributed by atoms with Crippen LogP contribution in [0.1, 0.15) is 10.4 Å². The molecule has 0 spiro atoms. The standard InChI is InChI=1S/C13H7Cl2FO2/c14-9-3-8(4-10(15)6-9)7-1-2-12(16)11(5-7)13(17)18/h1-6H,(H,17,18). The van der Waals surface area contributed by atoms with Crippen LogP contribution in [0.25, 0.3) is 11.1 Å². The highest BCUT2D eigenvalue weighted by Crippen LogP contribution is 2.28. The van der Waals surface area contributed by atoms with E-state index in [0.717, 1.165) is 6.07 Å². The Kier molecular flexibility index (Phi) is 3.55. The minimum absolute atomic E-state index is 0.386. The molecule has 2 nitrogen and oxygen atoms in total. The molecular weight excluding hydrogens is 278 g/mol. The topological polar surface area (TPSA) is 37.3 Å². The molecule has 2 aromatic carbocycles. The molecule has 1 N–H and O–H groups in total. The van der Waals surface area contributed by atoms with Crippen molar-refractivity contribution in [2.45, 2.75) is 0 Å². The van der Waals surface area contributed by atoms with E-state index >= 15 is 0 Å². The van der Waals surface area contributed by atoms with Crippen molar-refractivity contribution in [2.75, 3.05) is 0 Å². The molecule has 0 radical (unpaired) electrons. The maximum atomic E-state index is 13.3. The summed E-state index contributed by atoms with van der Waals surface area (Å²) in [4.78, 5) is 10.8. The molecule has 0 bridgehead atoms. The third-order valence-electron chi connectivity index (χ3n) is 2.39. The van der Waals surface area contributed by atoms with Crippen LogP contribution < -0.4 is 0 Å². The highest BCUT2D eigenvalue weighted by molar-refractivity contribution is 6.35. The zero-order valence-corrected chi connectivity index (χ0v) is 10.5. The summed E-state index contributed by atoms with van der Waals surface area (Å²) in [6, 6.07) is 8.66. The average molecular weight is 285 g/mol. The van der Waals surface area contributed by atoms with Crippen molar-refractivity contribution in [3.05, 3.63) is 57.8 Å². The lowest BCUT2D eigenvalue weighted by Gasteiger charge is -2.05. The SMILES string of the molecule is O=C(O)c1cc(-c2cc(Cl)cc(Cl)c2)ccc1F. The summed E-state index contributed by atoms with van der Waals surface area (Å²) < 4.78 is 13.3. The molecule has 2 aromatic rings. The van der Waals surface area contributed by atoms with Gasteiger partial charge in [-0.15, -0.1) is 0 Å². The Hall–Kier alpha value is -1.58. The lowest BCUT2D eigenvalue weighted by Crippen LogP contribution is -2.00. The Morgan fingerprint density at radius 2 is 1.61 bits per heavy atom. The summed E-state index contributed by atoms with van der Waals surface area (Å²) in [5, 5.41) is 9.71. The molecular formula is C13H7Cl2FO2.